The highest BCUT2D eigenvalue weighted by Gasteiger charge is 2.27. The second kappa shape index (κ2) is 9.25. The van der Waals surface area contributed by atoms with Crippen LogP contribution in [0, 0.1) is 5.92 Å². The third-order valence-corrected chi connectivity index (χ3v) is 4.59. The van der Waals surface area contributed by atoms with Gasteiger partial charge in [-0.2, -0.15) is 0 Å². The molecule has 27 heavy (non-hydrogen) atoms. The fourth-order valence-corrected chi connectivity index (χ4v) is 3.13. The topological polar surface area (TPSA) is 108 Å². The molecule has 148 valence electrons. The minimum Gasteiger partial charge on any atom is -0.492 e. The molecule has 1 aliphatic carbocycles. The average molecular weight is 377 g/mol. The normalized spacial score (nSPS) is 19.1. The summed E-state index contributed by atoms with van der Waals surface area (Å²) in [6.45, 7) is 2.26. The summed E-state index contributed by atoms with van der Waals surface area (Å²) in [5.41, 5.74) is 0.863. The molecule has 1 fully saturated rings. The summed E-state index contributed by atoms with van der Waals surface area (Å²) in [5.74, 6) is -0.794. The molecular weight excluding hydrogens is 350 g/mol. The highest BCUT2D eigenvalue weighted by Crippen LogP contribution is 2.27. The molecular formula is C19H27N3O5. The van der Waals surface area contributed by atoms with Crippen LogP contribution in [0.25, 0.3) is 0 Å². The first kappa shape index (κ1) is 20.5. The molecule has 0 spiro atoms. The average Bonchev–Trinajstić information content (AvgIpc) is 2.63. The summed E-state index contributed by atoms with van der Waals surface area (Å²) in [7, 11) is 3.32. The largest absolute Gasteiger partial charge is 0.492 e. The molecule has 1 saturated carbocycles. The molecule has 0 aliphatic heterocycles. The molecule has 1 aliphatic rings. The number of rotatable bonds is 6. The highest BCUT2D eigenvalue weighted by atomic mass is 16.5. The zero-order valence-electron chi connectivity index (χ0n) is 15.9. The van der Waals surface area contributed by atoms with Gasteiger partial charge in [0, 0.05) is 25.7 Å². The van der Waals surface area contributed by atoms with E-state index in [4.69, 9.17) is 9.84 Å². The zero-order valence-corrected chi connectivity index (χ0v) is 15.9. The Morgan fingerprint density at radius 2 is 1.85 bits per heavy atom. The van der Waals surface area contributed by atoms with E-state index >= 15 is 0 Å². The lowest BCUT2D eigenvalue weighted by molar-refractivity contribution is -0.142. The van der Waals surface area contributed by atoms with Crippen molar-refractivity contribution in [3.8, 4) is 5.75 Å². The van der Waals surface area contributed by atoms with E-state index in [0.717, 1.165) is 0 Å². The summed E-state index contributed by atoms with van der Waals surface area (Å²) in [6.07, 6.45) is 2.36. The van der Waals surface area contributed by atoms with Crippen LogP contribution in [0.1, 0.15) is 43.0 Å². The number of amides is 3. The second-order valence-corrected chi connectivity index (χ2v) is 6.83. The number of ether oxygens (including phenoxy) is 1. The van der Waals surface area contributed by atoms with Crippen LogP contribution >= 0.6 is 0 Å². The molecule has 0 heterocycles. The summed E-state index contributed by atoms with van der Waals surface area (Å²) < 4.78 is 5.53. The van der Waals surface area contributed by atoms with Gasteiger partial charge in [0.1, 0.15) is 5.75 Å². The first-order valence-corrected chi connectivity index (χ1v) is 9.10. The van der Waals surface area contributed by atoms with Crippen LogP contribution in [0.4, 0.5) is 10.5 Å². The summed E-state index contributed by atoms with van der Waals surface area (Å²) >= 11 is 0. The van der Waals surface area contributed by atoms with Gasteiger partial charge in [-0.1, -0.05) is 0 Å². The van der Waals surface area contributed by atoms with Gasteiger partial charge in [0.05, 0.1) is 18.2 Å². The van der Waals surface area contributed by atoms with Gasteiger partial charge < -0.3 is 25.4 Å². The van der Waals surface area contributed by atoms with Crippen LogP contribution in [-0.4, -0.2) is 54.7 Å². The fourth-order valence-electron chi connectivity index (χ4n) is 3.13. The number of hydrogen-bond donors (Lipinski definition) is 3. The molecule has 2 rings (SSSR count). The predicted molar refractivity (Wildman–Crippen MR) is 101 cm³/mol. The number of benzene rings is 1. The van der Waals surface area contributed by atoms with Crippen molar-refractivity contribution in [1.82, 2.24) is 10.2 Å². The Morgan fingerprint density at radius 3 is 2.41 bits per heavy atom. The quantitative estimate of drug-likeness (QED) is 0.706. The number of aliphatic carboxylic acids is 1. The molecule has 0 unspecified atom stereocenters. The maximum Gasteiger partial charge on any atom is 0.319 e. The minimum absolute atomic E-state index is 0.0669. The SMILES string of the molecule is CCOc1ccc(C(=O)N(C)C)cc1NC(=O)NC1CCC(C(=O)O)CC1. The van der Waals surface area contributed by atoms with Crippen LogP contribution in [0.15, 0.2) is 18.2 Å². The van der Waals surface area contributed by atoms with Crippen LogP contribution in [0.3, 0.4) is 0 Å². The number of nitrogens with one attached hydrogen (secondary N) is 2. The highest BCUT2D eigenvalue weighted by molar-refractivity contribution is 5.97. The van der Waals surface area contributed by atoms with Crippen molar-refractivity contribution in [2.75, 3.05) is 26.0 Å². The van der Waals surface area contributed by atoms with Crippen LogP contribution in [-0.2, 0) is 4.79 Å². The molecule has 0 atom stereocenters. The molecule has 1 aromatic rings. The van der Waals surface area contributed by atoms with Crippen LogP contribution < -0.4 is 15.4 Å². The Balaban J connectivity index is 2.03. The Morgan fingerprint density at radius 1 is 1.19 bits per heavy atom. The number of nitrogens with zero attached hydrogens (tertiary/aromatic N) is 1. The van der Waals surface area contributed by atoms with E-state index in [9.17, 15) is 14.4 Å². The molecule has 3 N–H and O–H groups in total. The van der Waals surface area contributed by atoms with Gasteiger partial charge in [-0.15, -0.1) is 0 Å². The third kappa shape index (κ3) is 5.60. The third-order valence-electron chi connectivity index (χ3n) is 4.59. The van der Waals surface area contributed by atoms with Crippen molar-refractivity contribution in [1.29, 1.82) is 0 Å². The molecule has 0 saturated heterocycles. The van der Waals surface area contributed by atoms with Crippen molar-refractivity contribution in [3.05, 3.63) is 23.8 Å². The van der Waals surface area contributed by atoms with E-state index in [-0.39, 0.29) is 17.9 Å². The summed E-state index contributed by atoms with van der Waals surface area (Å²) in [4.78, 5) is 37.0. The molecule has 3 amide bonds. The maximum absolute atomic E-state index is 12.4. The number of carbonyl (C=O) groups excluding carboxylic acids is 2. The van der Waals surface area contributed by atoms with E-state index < -0.39 is 12.0 Å². The molecule has 0 radical (unpaired) electrons. The number of hydrogen-bond acceptors (Lipinski definition) is 4. The lowest BCUT2D eigenvalue weighted by Crippen LogP contribution is -2.41. The van der Waals surface area contributed by atoms with Crippen molar-refractivity contribution < 1.29 is 24.2 Å². The van der Waals surface area contributed by atoms with E-state index in [0.29, 0.717) is 49.3 Å². The predicted octanol–water partition coefficient (Wildman–Crippen LogP) is 2.55. The first-order valence-electron chi connectivity index (χ1n) is 9.10. The number of anilines is 1. The first-order chi connectivity index (χ1) is 12.8. The van der Waals surface area contributed by atoms with Crippen molar-refractivity contribution in [3.63, 3.8) is 0 Å². The molecule has 1 aromatic carbocycles. The van der Waals surface area contributed by atoms with Gasteiger partial charge in [0.25, 0.3) is 5.91 Å². The Bertz CT molecular complexity index is 697. The minimum atomic E-state index is -0.776. The van der Waals surface area contributed by atoms with E-state index in [2.05, 4.69) is 10.6 Å². The standard InChI is InChI=1S/C19H27N3O5/c1-4-27-16-10-7-13(17(23)22(2)3)11-15(16)21-19(26)20-14-8-5-12(6-9-14)18(24)25/h7,10-12,14H,4-6,8-9H2,1-3H3,(H,24,25)(H2,20,21,26). The Hall–Kier alpha value is -2.77. The lowest BCUT2D eigenvalue weighted by Gasteiger charge is -2.27. The fraction of sp³-hybridized carbons (Fsp3) is 0.526. The van der Waals surface area contributed by atoms with Gasteiger partial charge in [-0.05, 0) is 50.8 Å². The second-order valence-electron chi connectivity index (χ2n) is 6.83. The number of carboxylic acids is 1. The van der Waals surface area contributed by atoms with E-state index in [1.54, 1.807) is 32.3 Å². The summed E-state index contributed by atoms with van der Waals surface area (Å²) in [6, 6.07) is 4.44. The van der Waals surface area contributed by atoms with Crippen molar-refractivity contribution in [2.45, 2.75) is 38.6 Å². The van der Waals surface area contributed by atoms with Gasteiger partial charge in [0.15, 0.2) is 0 Å². The van der Waals surface area contributed by atoms with Crippen molar-refractivity contribution in [2.24, 2.45) is 5.92 Å². The summed E-state index contributed by atoms with van der Waals surface area (Å²) in [5, 5.41) is 14.7. The lowest BCUT2D eigenvalue weighted by atomic mass is 9.86. The Kier molecular flexibility index (Phi) is 7.04. The number of carboxylic acid groups (broad SMARTS) is 1. The molecule has 0 bridgehead atoms. The monoisotopic (exact) mass is 377 g/mol. The van der Waals surface area contributed by atoms with E-state index in [1.807, 2.05) is 6.92 Å². The van der Waals surface area contributed by atoms with Crippen LogP contribution in [0.5, 0.6) is 5.75 Å². The Labute approximate surface area is 158 Å². The van der Waals surface area contributed by atoms with Gasteiger partial charge in [-0.3, -0.25) is 9.59 Å². The van der Waals surface area contributed by atoms with Gasteiger partial charge in [-0.25, -0.2) is 4.79 Å². The number of carbonyl (C=O) groups is 3. The molecule has 8 heteroatoms. The van der Waals surface area contributed by atoms with Crippen LogP contribution in [0.2, 0.25) is 0 Å². The maximum atomic E-state index is 12.4. The van der Waals surface area contributed by atoms with Crippen molar-refractivity contribution >= 4 is 23.6 Å². The molecule has 8 nitrogen and oxygen atoms in total. The van der Waals surface area contributed by atoms with Gasteiger partial charge in [0.2, 0.25) is 0 Å². The smallest absolute Gasteiger partial charge is 0.319 e. The van der Waals surface area contributed by atoms with Gasteiger partial charge >= 0.3 is 12.0 Å². The zero-order chi connectivity index (χ0) is 20.0. The van der Waals surface area contributed by atoms with E-state index in [1.165, 1.54) is 4.90 Å². The number of urea groups is 1. The molecule has 0 aromatic heterocycles.